The number of carbonyl (C=O) groups is 2. The van der Waals surface area contributed by atoms with Crippen molar-refractivity contribution in [3.63, 3.8) is 0 Å². The number of nitrogens with zero attached hydrogens (tertiary/aromatic N) is 2. The van der Waals surface area contributed by atoms with Crippen LogP contribution >= 0.6 is 0 Å². The molecule has 2 aromatic rings. The molecule has 1 fully saturated rings. The van der Waals surface area contributed by atoms with Crippen LogP contribution in [0.1, 0.15) is 59.7 Å². The quantitative estimate of drug-likeness (QED) is 0.804. The van der Waals surface area contributed by atoms with E-state index in [1.54, 1.807) is 0 Å². The molecule has 164 valence electrons. The number of aryl methyl sites for hydroxylation is 2. The summed E-state index contributed by atoms with van der Waals surface area (Å²) in [6, 6.07) is 14.1. The highest BCUT2D eigenvalue weighted by Crippen LogP contribution is 2.32. The second kappa shape index (κ2) is 9.23. The zero-order valence-electron chi connectivity index (χ0n) is 18.9. The molecule has 0 aliphatic carbocycles. The molecule has 2 amide bonds. The van der Waals surface area contributed by atoms with Gasteiger partial charge in [-0.1, -0.05) is 48.0 Å². The minimum atomic E-state index is -0.370. The zero-order valence-corrected chi connectivity index (χ0v) is 18.9. The van der Waals surface area contributed by atoms with Gasteiger partial charge in [0.05, 0.1) is 12.6 Å². The van der Waals surface area contributed by atoms with Gasteiger partial charge in [0.2, 0.25) is 11.8 Å². The molecule has 1 N–H and O–H groups in total. The zero-order chi connectivity index (χ0) is 22.0. The van der Waals surface area contributed by atoms with Crippen molar-refractivity contribution in [1.29, 1.82) is 0 Å². The summed E-state index contributed by atoms with van der Waals surface area (Å²) in [5.74, 6) is 0.103. The van der Waals surface area contributed by atoms with Gasteiger partial charge >= 0.3 is 0 Å². The van der Waals surface area contributed by atoms with E-state index in [1.807, 2.05) is 24.0 Å². The first-order valence-electron chi connectivity index (χ1n) is 11.4. The summed E-state index contributed by atoms with van der Waals surface area (Å²) in [6.45, 7) is 8.76. The highest BCUT2D eigenvalue weighted by molar-refractivity contribution is 5.86. The number of hydrogen-bond acceptors (Lipinski definition) is 3. The van der Waals surface area contributed by atoms with Gasteiger partial charge in [-0.15, -0.1) is 0 Å². The Morgan fingerprint density at radius 1 is 1.06 bits per heavy atom. The van der Waals surface area contributed by atoms with Gasteiger partial charge in [-0.25, -0.2) is 0 Å². The van der Waals surface area contributed by atoms with Gasteiger partial charge in [0, 0.05) is 19.6 Å². The molecule has 2 aliphatic heterocycles. The van der Waals surface area contributed by atoms with Crippen molar-refractivity contribution in [2.45, 2.75) is 52.1 Å². The predicted molar refractivity (Wildman–Crippen MR) is 123 cm³/mol. The Balaban J connectivity index is 1.50. The van der Waals surface area contributed by atoms with E-state index in [9.17, 15) is 9.59 Å². The van der Waals surface area contributed by atoms with Crippen LogP contribution in [-0.2, 0) is 16.0 Å². The fraction of sp³-hybridized carbons (Fsp3) is 0.462. The van der Waals surface area contributed by atoms with Crippen LogP contribution in [0.2, 0.25) is 0 Å². The molecule has 1 saturated heterocycles. The van der Waals surface area contributed by atoms with Crippen LogP contribution in [0, 0.1) is 13.8 Å². The lowest BCUT2D eigenvalue weighted by molar-refractivity contribution is -0.137. The average Bonchev–Trinajstić information content (AvgIpc) is 3.28. The largest absolute Gasteiger partial charge is 0.348 e. The fourth-order valence-corrected chi connectivity index (χ4v) is 5.05. The molecule has 5 nitrogen and oxygen atoms in total. The van der Waals surface area contributed by atoms with Crippen molar-refractivity contribution >= 4 is 11.8 Å². The average molecular weight is 420 g/mol. The van der Waals surface area contributed by atoms with Crippen molar-refractivity contribution in [1.82, 2.24) is 15.1 Å². The Hall–Kier alpha value is -2.66. The predicted octanol–water partition coefficient (Wildman–Crippen LogP) is 3.70. The molecule has 5 heteroatoms. The van der Waals surface area contributed by atoms with Gasteiger partial charge in [0.25, 0.3) is 0 Å². The van der Waals surface area contributed by atoms with Crippen molar-refractivity contribution in [3.05, 3.63) is 70.3 Å². The molecule has 2 aromatic carbocycles. The van der Waals surface area contributed by atoms with Crippen molar-refractivity contribution in [2.24, 2.45) is 0 Å². The van der Waals surface area contributed by atoms with E-state index in [4.69, 9.17) is 0 Å². The summed E-state index contributed by atoms with van der Waals surface area (Å²) in [7, 11) is 0. The summed E-state index contributed by atoms with van der Waals surface area (Å²) >= 11 is 0. The summed E-state index contributed by atoms with van der Waals surface area (Å²) in [6.07, 6.45) is 2.99. The second-order valence-electron chi connectivity index (χ2n) is 9.00. The van der Waals surface area contributed by atoms with Gasteiger partial charge in [-0.2, -0.15) is 0 Å². The van der Waals surface area contributed by atoms with E-state index in [0.717, 1.165) is 43.5 Å². The lowest BCUT2D eigenvalue weighted by atomic mass is 9.91. The van der Waals surface area contributed by atoms with Gasteiger partial charge in [-0.3, -0.25) is 14.5 Å². The van der Waals surface area contributed by atoms with Crippen LogP contribution in [0.3, 0.4) is 0 Å². The SMILES string of the molecule is Cc1ccc([C@@H](C)NC(=O)CN2CCc3ccccc3[C@H]2C(=O)N2CCCC2)c(C)c1. The lowest BCUT2D eigenvalue weighted by Crippen LogP contribution is -2.49. The van der Waals surface area contributed by atoms with Crippen molar-refractivity contribution in [2.75, 3.05) is 26.2 Å². The second-order valence-corrected chi connectivity index (χ2v) is 9.00. The van der Waals surface area contributed by atoms with Crippen LogP contribution in [0.15, 0.2) is 42.5 Å². The first-order chi connectivity index (χ1) is 14.9. The molecule has 2 atom stereocenters. The molecule has 4 rings (SSSR count). The number of benzene rings is 2. The summed E-state index contributed by atoms with van der Waals surface area (Å²) in [5, 5.41) is 3.15. The number of amides is 2. The maximum Gasteiger partial charge on any atom is 0.244 e. The number of likely N-dealkylation sites (tertiary alicyclic amines) is 1. The third-order valence-electron chi connectivity index (χ3n) is 6.65. The van der Waals surface area contributed by atoms with Crippen molar-refractivity contribution in [3.8, 4) is 0 Å². The molecule has 0 bridgehead atoms. The first kappa shape index (κ1) is 21.6. The highest BCUT2D eigenvalue weighted by Gasteiger charge is 2.37. The Morgan fingerprint density at radius 3 is 2.55 bits per heavy atom. The Bertz CT molecular complexity index is 965. The summed E-state index contributed by atoms with van der Waals surface area (Å²) in [4.78, 5) is 30.5. The van der Waals surface area contributed by atoms with Gasteiger partial charge < -0.3 is 10.2 Å². The number of hydrogen-bond donors (Lipinski definition) is 1. The van der Waals surface area contributed by atoms with E-state index < -0.39 is 0 Å². The number of carbonyl (C=O) groups excluding carboxylic acids is 2. The third kappa shape index (κ3) is 4.67. The van der Waals surface area contributed by atoms with Crippen molar-refractivity contribution < 1.29 is 9.59 Å². The summed E-state index contributed by atoms with van der Waals surface area (Å²) < 4.78 is 0. The maximum atomic E-state index is 13.4. The van der Waals surface area contributed by atoms with E-state index in [-0.39, 0.29) is 30.4 Å². The van der Waals surface area contributed by atoms with Crippen LogP contribution in [-0.4, -0.2) is 47.8 Å². The Morgan fingerprint density at radius 2 is 1.81 bits per heavy atom. The Kier molecular flexibility index (Phi) is 6.42. The minimum Gasteiger partial charge on any atom is -0.348 e. The van der Waals surface area contributed by atoms with Crippen LogP contribution < -0.4 is 5.32 Å². The fourth-order valence-electron chi connectivity index (χ4n) is 5.05. The van der Waals surface area contributed by atoms with E-state index in [0.29, 0.717) is 6.54 Å². The maximum absolute atomic E-state index is 13.4. The lowest BCUT2D eigenvalue weighted by Gasteiger charge is -2.38. The van der Waals surface area contributed by atoms with E-state index in [1.165, 1.54) is 16.7 Å². The minimum absolute atomic E-state index is 0.0360. The molecule has 0 radical (unpaired) electrons. The van der Waals surface area contributed by atoms with Crippen LogP contribution in [0.4, 0.5) is 0 Å². The third-order valence-corrected chi connectivity index (χ3v) is 6.65. The summed E-state index contributed by atoms with van der Waals surface area (Å²) in [5.41, 5.74) is 5.81. The number of nitrogens with one attached hydrogen (secondary N) is 1. The first-order valence-corrected chi connectivity index (χ1v) is 11.4. The number of rotatable bonds is 5. The molecule has 0 unspecified atom stereocenters. The highest BCUT2D eigenvalue weighted by atomic mass is 16.2. The van der Waals surface area contributed by atoms with E-state index in [2.05, 4.69) is 54.4 Å². The monoisotopic (exact) mass is 419 g/mol. The van der Waals surface area contributed by atoms with Crippen LogP contribution in [0.5, 0.6) is 0 Å². The molecule has 0 spiro atoms. The molecule has 0 saturated carbocycles. The molecule has 31 heavy (non-hydrogen) atoms. The molecular formula is C26H33N3O2. The molecule has 2 heterocycles. The normalized spacial score (nSPS) is 19.7. The number of fused-ring (bicyclic) bond motifs is 1. The topological polar surface area (TPSA) is 52.7 Å². The molecule has 0 aromatic heterocycles. The van der Waals surface area contributed by atoms with Gasteiger partial charge in [0.1, 0.15) is 6.04 Å². The van der Waals surface area contributed by atoms with Gasteiger partial charge in [0.15, 0.2) is 0 Å². The smallest absolute Gasteiger partial charge is 0.244 e. The standard InChI is InChI=1S/C26H33N3O2/c1-18-10-11-22(19(2)16-18)20(3)27-24(30)17-29-15-12-21-8-4-5-9-23(21)25(29)26(31)28-13-6-7-14-28/h4-5,8-11,16,20,25H,6-7,12-15,17H2,1-3H3,(H,27,30)/t20-,25+/m1/s1. The van der Waals surface area contributed by atoms with E-state index >= 15 is 0 Å². The van der Waals surface area contributed by atoms with Crippen LogP contribution in [0.25, 0.3) is 0 Å². The molecule has 2 aliphatic rings. The Labute approximate surface area is 185 Å². The molecular weight excluding hydrogens is 386 g/mol. The van der Waals surface area contributed by atoms with Gasteiger partial charge in [-0.05, 0) is 62.3 Å².